The summed E-state index contributed by atoms with van der Waals surface area (Å²) in [6.45, 7) is 4.12. The lowest BCUT2D eigenvalue weighted by atomic mass is 9.91. The molecule has 1 saturated heterocycles. The van der Waals surface area contributed by atoms with Gasteiger partial charge in [0.15, 0.2) is 6.29 Å². The minimum absolute atomic E-state index is 0.374. The van der Waals surface area contributed by atoms with Crippen LogP contribution in [0.3, 0.4) is 0 Å². The first-order valence-corrected chi connectivity index (χ1v) is 19.6. The fourth-order valence-electron chi connectivity index (χ4n) is 6.58. The van der Waals surface area contributed by atoms with E-state index in [1.165, 1.54) is 122 Å². The highest BCUT2D eigenvalue weighted by atomic mass is 16.6. The van der Waals surface area contributed by atoms with E-state index in [-0.39, 0.29) is 6.61 Å². The molecule has 1 heterocycles. The van der Waals surface area contributed by atoms with Crippen molar-refractivity contribution in [2.75, 3.05) is 6.61 Å². The van der Waals surface area contributed by atoms with Gasteiger partial charge in [-0.05, 0) is 12.8 Å². The van der Waals surface area contributed by atoms with Gasteiger partial charge in [0.1, 0.15) is 31.0 Å². The van der Waals surface area contributed by atoms with Gasteiger partial charge >= 0.3 is 5.97 Å². The fourth-order valence-corrected chi connectivity index (χ4v) is 6.58. The molecular weight excluding hydrogens is 584 g/mol. The molecule has 0 saturated carbocycles. The van der Waals surface area contributed by atoms with Crippen LogP contribution in [0.25, 0.3) is 0 Å². The normalized spacial score (nSPS) is 23.0. The number of unbranched alkanes of at least 4 members (excludes halogenated alkanes) is 23. The summed E-state index contributed by atoms with van der Waals surface area (Å²) >= 11 is 0. The van der Waals surface area contributed by atoms with Crippen molar-refractivity contribution in [3.63, 3.8) is 0 Å². The third kappa shape index (κ3) is 20.6. The summed E-state index contributed by atoms with van der Waals surface area (Å²) in [5, 5.41) is 50.7. The van der Waals surface area contributed by atoms with Crippen LogP contribution in [-0.4, -0.2) is 74.9 Å². The highest BCUT2D eigenvalue weighted by Gasteiger charge is 2.43. The molecule has 0 radical (unpaired) electrons. The summed E-state index contributed by atoms with van der Waals surface area (Å²) in [4.78, 5) is 13.1. The quantitative estimate of drug-likeness (QED) is 0.0375. The summed E-state index contributed by atoms with van der Waals surface area (Å²) in [5.74, 6) is -1.21. The molecule has 0 amide bonds. The maximum Gasteiger partial charge on any atom is 0.311 e. The molecule has 0 spiro atoms. The zero-order valence-corrected chi connectivity index (χ0v) is 29.8. The average Bonchev–Trinajstić information content (AvgIpc) is 3.05. The lowest BCUT2D eigenvalue weighted by molar-refractivity contribution is -0.287. The third-order valence-electron chi connectivity index (χ3n) is 9.82. The van der Waals surface area contributed by atoms with Gasteiger partial charge in [-0.1, -0.05) is 174 Å². The lowest BCUT2D eigenvalue weighted by Crippen LogP contribution is -2.58. The molecule has 274 valence electrons. The fraction of sp³-hybridized carbons (Fsp3) is 0.974. The van der Waals surface area contributed by atoms with Crippen molar-refractivity contribution in [1.82, 2.24) is 0 Å². The Bertz CT molecular complexity index is 692. The van der Waals surface area contributed by atoms with Crippen LogP contribution in [0.15, 0.2) is 0 Å². The molecule has 46 heavy (non-hydrogen) atoms. The monoisotopic (exact) mass is 659 g/mol. The van der Waals surface area contributed by atoms with Crippen molar-refractivity contribution in [3.05, 3.63) is 0 Å². The van der Waals surface area contributed by atoms with E-state index in [1.54, 1.807) is 0 Å². The molecule has 8 nitrogen and oxygen atoms in total. The number of aliphatic hydroxyl groups excluding tert-OH is 5. The minimum atomic E-state index is -1.68. The van der Waals surface area contributed by atoms with Crippen LogP contribution in [0.4, 0.5) is 0 Å². The Morgan fingerprint density at radius 1 is 0.543 bits per heavy atom. The van der Waals surface area contributed by atoms with E-state index in [1.807, 2.05) is 0 Å². The van der Waals surface area contributed by atoms with E-state index >= 15 is 0 Å². The number of hydrogen-bond acceptors (Lipinski definition) is 8. The summed E-state index contributed by atoms with van der Waals surface area (Å²) < 4.78 is 10.6. The van der Waals surface area contributed by atoms with Crippen molar-refractivity contribution in [1.29, 1.82) is 0 Å². The molecule has 1 rings (SSSR count). The molecule has 0 aliphatic carbocycles. The average molecular weight is 659 g/mol. The summed E-state index contributed by atoms with van der Waals surface area (Å²) in [7, 11) is 0. The van der Waals surface area contributed by atoms with Gasteiger partial charge < -0.3 is 35.0 Å². The lowest BCUT2D eigenvalue weighted by Gasteiger charge is -2.38. The molecule has 0 aromatic rings. The van der Waals surface area contributed by atoms with Crippen LogP contribution in [0.2, 0.25) is 0 Å². The van der Waals surface area contributed by atoms with Crippen LogP contribution in [0.1, 0.15) is 187 Å². The Morgan fingerprint density at radius 2 is 0.913 bits per heavy atom. The zero-order valence-electron chi connectivity index (χ0n) is 29.8. The smallest absolute Gasteiger partial charge is 0.311 e. The van der Waals surface area contributed by atoms with Gasteiger partial charge in [-0.3, -0.25) is 4.79 Å². The van der Waals surface area contributed by atoms with Crippen LogP contribution < -0.4 is 0 Å². The topological polar surface area (TPSA) is 137 Å². The second kappa shape index (κ2) is 29.2. The van der Waals surface area contributed by atoms with Crippen LogP contribution in [-0.2, 0) is 14.3 Å². The van der Waals surface area contributed by atoms with Crippen molar-refractivity contribution in [2.24, 2.45) is 5.92 Å². The van der Waals surface area contributed by atoms with Gasteiger partial charge in [-0.25, -0.2) is 0 Å². The first-order chi connectivity index (χ1) is 22.3. The summed E-state index contributed by atoms with van der Waals surface area (Å²) in [6, 6.07) is 0. The van der Waals surface area contributed by atoms with E-state index in [0.717, 1.165) is 38.5 Å². The number of carbonyl (C=O) groups is 1. The van der Waals surface area contributed by atoms with Crippen molar-refractivity contribution < 1.29 is 39.8 Å². The molecule has 8 heteroatoms. The maximum absolute atomic E-state index is 13.1. The van der Waals surface area contributed by atoms with Gasteiger partial charge in [-0.2, -0.15) is 0 Å². The predicted octanol–water partition coefficient (Wildman–Crippen LogP) is 7.88. The largest absolute Gasteiger partial charge is 0.463 e. The number of esters is 1. The molecule has 0 bridgehead atoms. The van der Waals surface area contributed by atoms with Gasteiger partial charge in [-0.15, -0.1) is 0 Å². The first kappa shape index (κ1) is 43.3. The molecule has 1 fully saturated rings. The second-order valence-corrected chi connectivity index (χ2v) is 14.0. The van der Waals surface area contributed by atoms with Crippen molar-refractivity contribution in [2.45, 2.75) is 224 Å². The molecule has 5 N–H and O–H groups in total. The number of aliphatic hydroxyl groups is 5. The summed E-state index contributed by atoms with van der Waals surface area (Å²) in [5.41, 5.74) is 0. The zero-order chi connectivity index (χ0) is 33.8. The highest BCUT2D eigenvalue weighted by molar-refractivity contribution is 5.73. The number of hydrogen-bond donors (Lipinski definition) is 5. The van der Waals surface area contributed by atoms with E-state index in [0.29, 0.717) is 12.8 Å². The number of ether oxygens (including phenoxy) is 2. The van der Waals surface area contributed by atoms with E-state index in [4.69, 9.17) is 9.47 Å². The van der Waals surface area contributed by atoms with Gasteiger partial charge in [0, 0.05) is 0 Å². The molecule has 0 unspecified atom stereocenters. The van der Waals surface area contributed by atoms with E-state index in [9.17, 15) is 30.3 Å². The molecule has 7 atom stereocenters. The van der Waals surface area contributed by atoms with Crippen molar-refractivity contribution in [3.8, 4) is 0 Å². The SMILES string of the molecule is CCCCCCCCCCCCCCC[C@@H](O)[C@@H](CCCCCCCCCCCCCC)C(=O)OC[C@H]1O[C@H](O)[C@H](O)[C@@H](O)[C@@H]1O. The van der Waals surface area contributed by atoms with E-state index < -0.39 is 48.7 Å². The predicted molar refractivity (Wildman–Crippen MR) is 185 cm³/mol. The maximum atomic E-state index is 13.1. The third-order valence-corrected chi connectivity index (χ3v) is 9.82. The van der Waals surface area contributed by atoms with Crippen LogP contribution in [0.5, 0.6) is 0 Å². The Hall–Kier alpha value is -0.770. The van der Waals surface area contributed by atoms with Crippen molar-refractivity contribution >= 4 is 5.97 Å². The van der Waals surface area contributed by atoms with E-state index in [2.05, 4.69) is 13.8 Å². The molecule has 1 aliphatic heterocycles. The van der Waals surface area contributed by atoms with Crippen LogP contribution >= 0.6 is 0 Å². The molecule has 0 aromatic heterocycles. The molecular formula is C38H74O8. The van der Waals surface area contributed by atoms with Gasteiger partial charge in [0.05, 0.1) is 12.0 Å². The Kier molecular flexibility index (Phi) is 27.4. The Balaban J connectivity index is 2.38. The summed E-state index contributed by atoms with van der Waals surface area (Å²) in [6.07, 6.45) is 23.6. The second-order valence-electron chi connectivity index (χ2n) is 14.0. The Labute approximate surface area is 282 Å². The van der Waals surface area contributed by atoms with Gasteiger partial charge in [0.2, 0.25) is 0 Å². The van der Waals surface area contributed by atoms with Gasteiger partial charge in [0.25, 0.3) is 0 Å². The minimum Gasteiger partial charge on any atom is -0.463 e. The molecule has 1 aliphatic rings. The highest BCUT2D eigenvalue weighted by Crippen LogP contribution is 2.24. The van der Waals surface area contributed by atoms with Crippen LogP contribution in [0, 0.1) is 5.92 Å². The number of rotatable bonds is 31. The standard InChI is InChI=1S/C38H74O8/c1-3-5-7-9-11-13-15-17-19-21-23-25-27-29-32(39)31(28-26-24-22-20-18-16-14-12-10-8-6-4-2)37(43)45-30-33-34(40)35(41)36(42)38(44)46-33/h31-36,38-42,44H,3-30H2,1-2H3/t31-,32-,33-,34-,35+,36-,38+/m1/s1. The Morgan fingerprint density at radius 3 is 1.33 bits per heavy atom. The first-order valence-electron chi connectivity index (χ1n) is 19.6. The molecule has 0 aromatic carbocycles. The number of carbonyl (C=O) groups excluding carboxylic acids is 1.